The zero-order chi connectivity index (χ0) is 14.4. The van der Waals surface area contributed by atoms with Crippen LogP contribution in [0.2, 0.25) is 5.02 Å². The predicted molar refractivity (Wildman–Crippen MR) is 85.0 cm³/mol. The molecule has 0 bridgehead atoms. The van der Waals surface area contributed by atoms with Crippen LogP contribution < -0.4 is 5.32 Å². The molecule has 1 heterocycles. The Kier molecular flexibility index (Phi) is 5.62. The number of aryl methyl sites for hydroxylation is 1. The van der Waals surface area contributed by atoms with Crippen LogP contribution >= 0.6 is 11.6 Å². The zero-order valence-corrected chi connectivity index (χ0v) is 13.0. The maximum atomic E-state index is 6.17. The first-order valence-corrected chi connectivity index (χ1v) is 7.65. The van der Waals surface area contributed by atoms with Gasteiger partial charge in [0.15, 0.2) is 0 Å². The van der Waals surface area contributed by atoms with Crippen molar-refractivity contribution in [3.8, 4) is 11.3 Å². The maximum absolute atomic E-state index is 6.17. The van der Waals surface area contributed by atoms with Gasteiger partial charge in [0.1, 0.15) is 0 Å². The van der Waals surface area contributed by atoms with E-state index in [0.29, 0.717) is 0 Å². The maximum Gasteiger partial charge on any atom is 0.0685 e. The zero-order valence-electron chi connectivity index (χ0n) is 12.2. The summed E-state index contributed by atoms with van der Waals surface area (Å²) in [5.74, 6) is 0. The lowest BCUT2D eigenvalue weighted by Gasteiger charge is -2.13. The van der Waals surface area contributed by atoms with E-state index < -0.39 is 0 Å². The van der Waals surface area contributed by atoms with Crippen LogP contribution in [0.15, 0.2) is 30.5 Å². The molecule has 0 saturated heterocycles. The molecule has 0 radical (unpaired) electrons. The lowest BCUT2D eigenvalue weighted by Crippen LogP contribution is -2.15. The number of nitrogens with zero attached hydrogens (tertiary/aromatic N) is 2. The molecule has 0 aliphatic rings. The highest BCUT2D eigenvalue weighted by Crippen LogP contribution is 2.27. The van der Waals surface area contributed by atoms with Crippen LogP contribution in [0.3, 0.4) is 0 Å². The van der Waals surface area contributed by atoms with E-state index in [9.17, 15) is 0 Å². The summed E-state index contributed by atoms with van der Waals surface area (Å²) in [5, 5.41) is 8.62. The van der Waals surface area contributed by atoms with E-state index in [-0.39, 0.29) is 0 Å². The fourth-order valence-corrected chi connectivity index (χ4v) is 2.46. The summed E-state index contributed by atoms with van der Waals surface area (Å²) < 4.78 is 2.05. The van der Waals surface area contributed by atoms with Gasteiger partial charge in [0.05, 0.1) is 5.69 Å². The second-order valence-corrected chi connectivity index (χ2v) is 5.35. The smallest absolute Gasteiger partial charge is 0.0685 e. The first-order valence-electron chi connectivity index (χ1n) is 7.27. The third kappa shape index (κ3) is 3.62. The van der Waals surface area contributed by atoms with Gasteiger partial charge in [-0.25, -0.2) is 0 Å². The topological polar surface area (TPSA) is 29.9 Å². The van der Waals surface area contributed by atoms with Crippen LogP contribution in [0.5, 0.6) is 0 Å². The normalized spacial score (nSPS) is 10.9. The summed E-state index contributed by atoms with van der Waals surface area (Å²) in [6, 6.07) is 8.15. The van der Waals surface area contributed by atoms with Crippen molar-refractivity contribution in [3.63, 3.8) is 0 Å². The van der Waals surface area contributed by atoms with E-state index in [2.05, 4.69) is 41.1 Å². The Bertz CT molecular complexity index is 548. The molecule has 3 nitrogen and oxygen atoms in total. The van der Waals surface area contributed by atoms with Crippen LogP contribution in [-0.2, 0) is 13.1 Å². The molecule has 2 aromatic rings. The molecule has 1 aromatic heterocycles. The summed E-state index contributed by atoms with van der Waals surface area (Å²) in [7, 11) is 0. The van der Waals surface area contributed by atoms with Gasteiger partial charge >= 0.3 is 0 Å². The van der Waals surface area contributed by atoms with Gasteiger partial charge in [-0.15, -0.1) is 0 Å². The molecule has 0 fully saturated rings. The standard InChI is InChI=1S/C16H22ClN3/c1-3-8-18-12-13-5-6-14(17)11-15(13)16-7-9-19-20(16)10-4-2/h5-7,9,11,18H,3-4,8,10,12H2,1-2H3. The van der Waals surface area contributed by atoms with Crippen LogP contribution in [0.4, 0.5) is 0 Å². The highest BCUT2D eigenvalue weighted by molar-refractivity contribution is 6.30. The summed E-state index contributed by atoms with van der Waals surface area (Å²) in [6.07, 6.45) is 4.06. The minimum atomic E-state index is 0.767. The van der Waals surface area contributed by atoms with Gasteiger partial charge in [-0.05, 0) is 43.1 Å². The van der Waals surface area contributed by atoms with Gasteiger partial charge in [0.2, 0.25) is 0 Å². The summed E-state index contributed by atoms with van der Waals surface area (Å²) in [4.78, 5) is 0. The van der Waals surface area contributed by atoms with E-state index in [1.165, 1.54) is 11.1 Å². The molecule has 1 N–H and O–H groups in total. The van der Waals surface area contributed by atoms with Crippen LogP contribution in [0.25, 0.3) is 11.3 Å². The highest BCUT2D eigenvalue weighted by Gasteiger charge is 2.10. The molecule has 0 atom stereocenters. The Balaban J connectivity index is 2.32. The van der Waals surface area contributed by atoms with E-state index in [1.807, 2.05) is 18.3 Å². The SMILES string of the molecule is CCCNCc1ccc(Cl)cc1-c1ccnn1CCC. The number of rotatable bonds is 7. The van der Waals surface area contributed by atoms with E-state index >= 15 is 0 Å². The molecular formula is C16H22ClN3. The number of benzene rings is 1. The second-order valence-electron chi connectivity index (χ2n) is 4.92. The molecular weight excluding hydrogens is 270 g/mol. The Hall–Kier alpha value is -1.32. The van der Waals surface area contributed by atoms with Crippen molar-refractivity contribution < 1.29 is 0 Å². The molecule has 2 rings (SSSR count). The molecule has 0 unspecified atom stereocenters. The van der Waals surface area contributed by atoms with Crippen molar-refractivity contribution in [1.82, 2.24) is 15.1 Å². The van der Waals surface area contributed by atoms with E-state index in [1.54, 1.807) is 0 Å². The van der Waals surface area contributed by atoms with Crippen molar-refractivity contribution in [1.29, 1.82) is 0 Å². The van der Waals surface area contributed by atoms with E-state index in [0.717, 1.165) is 43.2 Å². The Labute approximate surface area is 126 Å². The monoisotopic (exact) mass is 291 g/mol. The van der Waals surface area contributed by atoms with Gasteiger partial charge in [0, 0.05) is 29.9 Å². The lowest BCUT2D eigenvalue weighted by molar-refractivity contribution is 0.608. The first kappa shape index (κ1) is 15.1. The lowest BCUT2D eigenvalue weighted by atomic mass is 10.0. The number of nitrogens with one attached hydrogen (secondary N) is 1. The molecule has 0 aliphatic carbocycles. The van der Waals surface area contributed by atoms with Gasteiger partial charge in [-0.1, -0.05) is 31.5 Å². The number of hydrogen-bond donors (Lipinski definition) is 1. The average molecular weight is 292 g/mol. The summed E-state index contributed by atoms with van der Waals surface area (Å²) >= 11 is 6.17. The van der Waals surface area contributed by atoms with E-state index in [4.69, 9.17) is 11.6 Å². The summed E-state index contributed by atoms with van der Waals surface area (Å²) in [6.45, 7) is 7.14. The van der Waals surface area contributed by atoms with Crippen molar-refractivity contribution in [2.75, 3.05) is 6.54 Å². The van der Waals surface area contributed by atoms with Gasteiger partial charge in [-0.2, -0.15) is 5.10 Å². The van der Waals surface area contributed by atoms with Crippen molar-refractivity contribution >= 4 is 11.6 Å². The first-order chi connectivity index (χ1) is 9.76. The summed E-state index contributed by atoms with van der Waals surface area (Å²) in [5.41, 5.74) is 3.58. The average Bonchev–Trinajstić information content (AvgIpc) is 2.89. The minimum Gasteiger partial charge on any atom is -0.313 e. The van der Waals surface area contributed by atoms with Gasteiger partial charge in [-0.3, -0.25) is 4.68 Å². The van der Waals surface area contributed by atoms with Crippen molar-refractivity contribution in [2.45, 2.75) is 39.8 Å². The Morgan fingerprint density at radius 3 is 2.80 bits per heavy atom. The predicted octanol–water partition coefficient (Wildman–Crippen LogP) is 4.11. The number of aromatic nitrogens is 2. The molecule has 0 saturated carbocycles. The minimum absolute atomic E-state index is 0.767. The van der Waals surface area contributed by atoms with Gasteiger partial charge < -0.3 is 5.32 Å². The molecule has 1 aromatic carbocycles. The molecule has 0 amide bonds. The molecule has 0 spiro atoms. The van der Waals surface area contributed by atoms with Crippen molar-refractivity contribution in [3.05, 3.63) is 41.0 Å². The molecule has 20 heavy (non-hydrogen) atoms. The third-order valence-electron chi connectivity index (χ3n) is 3.24. The number of hydrogen-bond acceptors (Lipinski definition) is 2. The van der Waals surface area contributed by atoms with Crippen molar-refractivity contribution in [2.24, 2.45) is 0 Å². The van der Waals surface area contributed by atoms with Gasteiger partial charge in [0.25, 0.3) is 0 Å². The fraction of sp³-hybridized carbons (Fsp3) is 0.438. The Morgan fingerprint density at radius 1 is 1.20 bits per heavy atom. The molecule has 108 valence electrons. The Morgan fingerprint density at radius 2 is 2.05 bits per heavy atom. The third-order valence-corrected chi connectivity index (χ3v) is 3.48. The number of halogens is 1. The highest BCUT2D eigenvalue weighted by atomic mass is 35.5. The van der Waals surface area contributed by atoms with Crippen LogP contribution in [0.1, 0.15) is 32.3 Å². The quantitative estimate of drug-likeness (QED) is 0.778. The second kappa shape index (κ2) is 7.46. The molecule has 0 aliphatic heterocycles. The van der Waals surface area contributed by atoms with Crippen LogP contribution in [0, 0.1) is 0 Å². The largest absolute Gasteiger partial charge is 0.313 e. The molecule has 4 heteroatoms. The fourth-order valence-electron chi connectivity index (χ4n) is 2.29. The van der Waals surface area contributed by atoms with Crippen LogP contribution in [-0.4, -0.2) is 16.3 Å².